The van der Waals surface area contributed by atoms with Crippen LogP contribution in [0.4, 0.5) is 0 Å². The second-order valence-corrected chi connectivity index (χ2v) is 10.6. The van der Waals surface area contributed by atoms with E-state index in [9.17, 15) is 9.59 Å². The molecule has 0 unspecified atom stereocenters. The van der Waals surface area contributed by atoms with Crippen LogP contribution in [0.25, 0.3) is 21.8 Å². The Morgan fingerprint density at radius 2 is 1.66 bits per heavy atom. The number of nitrogens with zero attached hydrogens (tertiary/aromatic N) is 4. The van der Waals surface area contributed by atoms with E-state index in [1.807, 2.05) is 23.1 Å². The molecule has 4 aromatic rings. The Labute approximate surface area is 206 Å². The Balaban J connectivity index is 1.60. The molecule has 182 valence electrons. The number of benzene rings is 2. The fraction of sp³-hybridized carbons (Fsp3) is 0.414. The van der Waals surface area contributed by atoms with Crippen molar-refractivity contribution in [2.24, 2.45) is 11.8 Å². The van der Waals surface area contributed by atoms with Gasteiger partial charge in [0.25, 0.3) is 5.56 Å². The summed E-state index contributed by atoms with van der Waals surface area (Å²) in [5.74, 6) is 0.905. The zero-order valence-corrected chi connectivity index (χ0v) is 21.3. The minimum Gasteiger partial charge on any atom is -0.341 e. The van der Waals surface area contributed by atoms with E-state index in [-0.39, 0.29) is 18.0 Å². The number of fused-ring (bicyclic) bond motifs is 3. The Kier molecular flexibility index (Phi) is 5.99. The predicted octanol–water partition coefficient (Wildman–Crippen LogP) is 4.83. The number of para-hydroxylation sites is 1. The molecule has 6 nitrogen and oxygen atoms in total. The van der Waals surface area contributed by atoms with Gasteiger partial charge in [-0.2, -0.15) is 5.10 Å². The predicted molar refractivity (Wildman–Crippen MR) is 141 cm³/mol. The van der Waals surface area contributed by atoms with Crippen LogP contribution >= 0.6 is 0 Å². The molecule has 2 aromatic heterocycles. The fourth-order valence-corrected chi connectivity index (χ4v) is 5.98. The topological polar surface area (TPSA) is 60.1 Å². The van der Waals surface area contributed by atoms with Gasteiger partial charge >= 0.3 is 0 Å². The van der Waals surface area contributed by atoms with Crippen molar-refractivity contribution in [2.45, 2.75) is 54.1 Å². The lowest BCUT2D eigenvalue weighted by Crippen LogP contribution is -2.45. The average molecular weight is 471 g/mol. The number of rotatable bonds is 4. The number of hydrogen-bond acceptors (Lipinski definition) is 3. The van der Waals surface area contributed by atoms with Crippen molar-refractivity contribution in [3.05, 3.63) is 75.2 Å². The minimum atomic E-state index is -0.215. The highest BCUT2D eigenvalue weighted by atomic mass is 16.2. The van der Waals surface area contributed by atoms with Gasteiger partial charge in [-0.15, -0.1) is 0 Å². The van der Waals surface area contributed by atoms with Crippen molar-refractivity contribution in [3.8, 4) is 0 Å². The van der Waals surface area contributed by atoms with E-state index in [1.54, 1.807) is 6.20 Å². The molecule has 1 saturated heterocycles. The van der Waals surface area contributed by atoms with Gasteiger partial charge in [0.2, 0.25) is 5.91 Å². The molecule has 2 atom stereocenters. The van der Waals surface area contributed by atoms with Crippen LogP contribution in [-0.4, -0.2) is 38.2 Å². The first-order valence-corrected chi connectivity index (χ1v) is 12.5. The molecule has 0 aliphatic carbocycles. The summed E-state index contributed by atoms with van der Waals surface area (Å²) < 4.78 is 3.45. The molecule has 0 N–H and O–H groups in total. The average Bonchev–Trinajstić information content (AvgIpc) is 3.11. The van der Waals surface area contributed by atoms with Gasteiger partial charge in [-0.3, -0.25) is 9.59 Å². The number of carbonyl (C=O) groups is 1. The Morgan fingerprint density at radius 1 is 1.00 bits per heavy atom. The van der Waals surface area contributed by atoms with Gasteiger partial charge in [0.05, 0.1) is 6.20 Å². The third-order valence-electron chi connectivity index (χ3n) is 7.44. The Hall–Kier alpha value is -3.41. The molecule has 1 aliphatic heterocycles. The number of amides is 1. The third kappa shape index (κ3) is 4.26. The summed E-state index contributed by atoms with van der Waals surface area (Å²) >= 11 is 0. The van der Waals surface area contributed by atoms with Crippen LogP contribution in [0.3, 0.4) is 0 Å². The SMILES string of the molecule is Cc1cc(C)c(Cn2c3ccccc3c3cnn(CC(=O)N4C[C@@H](C)C[C@H](C)C4)c(=O)c32)c(C)c1. The molecule has 0 saturated carbocycles. The van der Waals surface area contributed by atoms with Crippen LogP contribution in [0.2, 0.25) is 0 Å². The molecule has 2 aromatic carbocycles. The fourth-order valence-electron chi connectivity index (χ4n) is 5.98. The van der Waals surface area contributed by atoms with Crippen molar-refractivity contribution in [1.29, 1.82) is 0 Å². The smallest absolute Gasteiger partial charge is 0.291 e. The van der Waals surface area contributed by atoms with Crippen molar-refractivity contribution >= 4 is 27.7 Å². The number of likely N-dealkylation sites (tertiary alicyclic amines) is 1. The lowest BCUT2D eigenvalue weighted by molar-refractivity contribution is -0.134. The maximum absolute atomic E-state index is 13.8. The van der Waals surface area contributed by atoms with Crippen LogP contribution in [0.1, 0.15) is 42.5 Å². The minimum absolute atomic E-state index is 0.0294. The first-order chi connectivity index (χ1) is 16.7. The number of aryl methyl sites for hydroxylation is 3. The lowest BCUT2D eigenvalue weighted by atomic mass is 9.92. The van der Waals surface area contributed by atoms with E-state index in [0.29, 0.717) is 23.9 Å². The molecule has 6 heteroatoms. The highest BCUT2D eigenvalue weighted by molar-refractivity contribution is 6.07. The van der Waals surface area contributed by atoms with Gasteiger partial charge in [0.15, 0.2) is 0 Å². The summed E-state index contributed by atoms with van der Waals surface area (Å²) in [7, 11) is 0. The van der Waals surface area contributed by atoms with E-state index in [2.05, 4.69) is 62.5 Å². The van der Waals surface area contributed by atoms with Crippen LogP contribution in [0, 0.1) is 32.6 Å². The van der Waals surface area contributed by atoms with Gasteiger partial charge in [0, 0.05) is 35.9 Å². The van der Waals surface area contributed by atoms with Gasteiger partial charge in [-0.1, -0.05) is 49.7 Å². The number of aromatic nitrogens is 3. The molecule has 1 amide bonds. The largest absolute Gasteiger partial charge is 0.341 e. The lowest BCUT2D eigenvalue weighted by Gasteiger charge is -2.35. The van der Waals surface area contributed by atoms with Crippen LogP contribution in [-0.2, 0) is 17.9 Å². The summed E-state index contributed by atoms with van der Waals surface area (Å²) in [6, 6.07) is 12.5. The molecule has 35 heavy (non-hydrogen) atoms. The zero-order valence-electron chi connectivity index (χ0n) is 21.3. The van der Waals surface area contributed by atoms with Crippen molar-refractivity contribution in [3.63, 3.8) is 0 Å². The molecule has 1 aliphatic rings. The van der Waals surface area contributed by atoms with Gasteiger partial charge < -0.3 is 9.47 Å². The molecular formula is C29H34N4O2. The number of carbonyl (C=O) groups excluding carboxylic acids is 1. The third-order valence-corrected chi connectivity index (χ3v) is 7.44. The quantitative estimate of drug-likeness (QED) is 0.429. The summed E-state index contributed by atoms with van der Waals surface area (Å²) in [5, 5.41) is 6.28. The summed E-state index contributed by atoms with van der Waals surface area (Å²) in [6.45, 7) is 12.8. The Bertz CT molecular complexity index is 1460. The maximum Gasteiger partial charge on any atom is 0.291 e. The number of piperidine rings is 1. The standard InChI is InChI=1S/C29H34N4O2/c1-18-11-21(4)25(22(5)12-18)16-32-26-9-7-6-8-23(26)24-13-30-33(29(35)28(24)32)17-27(34)31-14-19(2)10-20(3)15-31/h6-9,11-13,19-20H,10,14-17H2,1-5H3/t19-,20-/m0/s1. The van der Waals surface area contributed by atoms with Crippen LogP contribution in [0.5, 0.6) is 0 Å². The monoisotopic (exact) mass is 470 g/mol. The molecule has 0 spiro atoms. The number of hydrogen-bond donors (Lipinski definition) is 0. The van der Waals surface area contributed by atoms with E-state index < -0.39 is 0 Å². The zero-order chi connectivity index (χ0) is 24.9. The van der Waals surface area contributed by atoms with E-state index in [1.165, 1.54) is 26.9 Å². The van der Waals surface area contributed by atoms with Crippen molar-refractivity contribution in [2.75, 3.05) is 13.1 Å². The first-order valence-electron chi connectivity index (χ1n) is 12.5. The van der Waals surface area contributed by atoms with E-state index in [4.69, 9.17) is 0 Å². The molecule has 1 fully saturated rings. The highest BCUT2D eigenvalue weighted by Gasteiger charge is 2.26. The van der Waals surface area contributed by atoms with Gasteiger partial charge in [-0.05, 0) is 61.8 Å². The summed E-state index contributed by atoms with van der Waals surface area (Å²) in [5.41, 5.74) is 6.27. The van der Waals surface area contributed by atoms with Crippen LogP contribution in [0.15, 0.2) is 47.4 Å². The molecule has 0 bridgehead atoms. The molecule has 0 radical (unpaired) electrons. The van der Waals surface area contributed by atoms with Gasteiger partial charge in [-0.25, -0.2) is 4.68 Å². The van der Waals surface area contributed by atoms with E-state index in [0.717, 1.165) is 35.8 Å². The second kappa shape index (κ2) is 8.99. The van der Waals surface area contributed by atoms with Crippen LogP contribution < -0.4 is 5.56 Å². The molecule has 3 heterocycles. The van der Waals surface area contributed by atoms with Crippen molar-refractivity contribution < 1.29 is 4.79 Å². The summed E-state index contributed by atoms with van der Waals surface area (Å²) in [6.07, 6.45) is 2.88. The maximum atomic E-state index is 13.8. The highest BCUT2D eigenvalue weighted by Crippen LogP contribution is 2.29. The van der Waals surface area contributed by atoms with Gasteiger partial charge in [0.1, 0.15) is 12.1 Å². The second-order valence-electron chi connectivity index (χ2n) is 10.6. The first kappa shape index (κ1) is 23.3. The Morgan fingerprint density at radius 3 is 2.34 bits per heavy atom. The molecule has 5 rings (SSSR count). The normalized spacial score (nSPS) is 18.5. The van der Waals surface area contributed by atoms with E-state index >= 15 is 0 Å². The molecular weight excluding hydrogens is 436 g/mol. The summed E-state index contributed by atoms with van der Waals surface area (Å²) in [4.78, 5) is 28.8. The van der Waals surface area contributed by atoms with Crippen molar-refractivity contribution in [1.82, 2.24) is 19.2 Å².